The van der Waals surface area contributed by atoms with Crippen LogP contribution in [-0.2, 0) is 14.3 Å². The lowest BCUT2D eigenvalue weighted by molar-refractivity contribution is -0.137. The normalized spacial score (nSPS) is 22.7. The van der Waals surface area contributed by atoms with Crippen LogP contribution in [0.2, 0.25) is 0 Å². The van der Waals surface area contributed by atoms with Crippen molar-refractivity contribution in [3.8, 4) is 0 Å². The topological polar surface area (TPSA) is 64.8 Å². The number of carbonyl (C=O) groups excluding carboxylic acids is 1. The summed E-state index contributed by atoms with van der Waals surface area (Å²) in [5.74, 6) is 0.311. The molecular formula is C14H28N2O3. The maximum Gasteiger partial charge on any atom is 0.225 e. The van der Waals surface area contributed by atoms with E-state index in [9.17, 15) is 4.79 Å². The molecule has 0 radical (unpaired) electrons. The molecule has 0 aliphatic heterocycles. The Morgan fingerprint density at radius 1 is 1.16 bits per heavy atom. The molecule has 0 aromatic carbocycles. The number of nitrogens with zero attached hydrogens (tertiary/aromatic N) is 1. The van der Waals surface area contributed by atoms with Gasteiger partial charge in [-0.3, -0.25) is 4.79 Å². The van der Waals surface area contributed by atoms with Gasteiger partial charge in [-0.2, -0.15) is 0 Å². The first-order chi connectivity index (χ1) is 9.19. The number of rotatable bonds is 9. The number of ether oxygens (including phenoxy) is 2. The van der Waals surface area contributed by atoms with Gasteiger partial charge in [-0.15, -0.1) is 0 Å². The van der Waals surface area contributed by atoms with Gasteiger partial charge in [-0.1, -0.05) is 0 Å². The van der Waals surface area contributed by atoms with Crippen LogP contribution in [0.3, 0.4) is 0 Å². The first-order valence-electron chi connectivity index (χ1n) is 7.38. The quantitative estimate of drug-likeness (QED) is 0.636. The van der Waals surface area contributed by atoms with Gasteiger partial charge in [-0.25, -0.2) is 0 Å². The standard InChI is InChI=1S/C14H28N2O3/c1-3-18-9-7-16(8-10-19-4-2)14(17)12-5-6-13(15)11-12/h12-13H,3-11,15H2,1-2H3. The first-order valence-corrected chi connectivity index (χ1v) is 7.38. The summed E-state index contributed by atoms with van der Waals surface area (Å²) >= 11 is 0. The minimum absolute atomic E-state index is 0.0956. The zero-order chi connectivity index (χ0) is 14.1. The Morgan fingerprint density at radius 3 is 2.16 bits per heavy atom. The van der Waals surface area contributed by atoms with Crippen molar-refractivity contribution in [3.63, 3.8) is 0 Å². The molecule has 0 heterocycles. The molecule has 1 rings (SSSR count). The van der Waals surface area contributed by atoms with Crippen LogP contribution in [0.5, 0.6) is 0 Å². The highest BCUT2D eigenvalue weighted by atomic mass is 16.5. The lowest BCUT2D eigenvalue weighted by Crippen LogP contribution is -2.40. The summed E-state index contributed by atoms with van der Waals surface area (Å²) in [6.45, 7) is 7.76. The van der Waals surface area contributed by atoms with E-state index in [1.54, 1.807) is 0 Å². The van der Waals surface area contributed by atoms with Gasteiger partial charge in [-0.05, 0) is 33.1 Å². The second kappa shape index (κ2) is 9.28. The molecule has 2 unspecified atom stereocenters. The molecule has 1 aliphatic rings. The van der Waals surface area contributed by atoms with Gasteiger partial charge in [0.2, 0.25) is 5.91 Å². The van der Waals surface area contributed by atoms with Crippen LogP contribution in [-0.4, -0.2) is 56.4 Å². The Bertz CT molecular complexity index is 251. The zero-order valence-corrected chi connectivity index (χ0v) is 12.3. The predicted octanol–water partition coefficient (Wildman–Crippen LogP) is 1.02. The Balaban J connectivity index is 2.42. The summed E-state index contributed by atoms with van der Waals surface area (Å²) in [6.07, 6.45) is 2.69. The molecule has 0 saturated heterocycles. The van der Waals surface area contributed by atoms with E-state index in [0.29, 0.717) is 39.5 Å². The van der Waals surface area contributed by atoms with Gasteiger partial charge < -0.3 is 20.1 Å². The third-order valence-corrected chi connectivity index (χ3v) is 3.55. The highest BCUT2D eigenvalue weighted by molar-refractivity contribution is 5.79. The fourth-order valence-corrected chi connectivity index (χ4v) is 2.47. The fourth-order valence-electron chi connectivity index (χ4n) is 2.47. The maximum atomic E-state index is 12.4. The van der Waals surface area contributed by atoms with Crippen LogP contribution < -0.4 is 5.73 Å². The fraction of sp³-hybridized carbons (Fsp3) is 0.929. The largest absolute Gasteiger partial charge is 0.380 e. The van der Waals surface area contributed by atoms with E-state index in [1.165, 1.54) is 0 Å². The SMILES string of the molecule is CCOCCN(CCOCC)C(=O)C1CCC(N)C1. The lowest BCUT2D eigenvalue weighted by Gasteiger charge is -2.25. The van der Waals surface area contributed by atoms with Gasteiger partial charge in [0.05, 0.1) is 13.2 Å². The van der Waals surface area contributed by atoms with Gasteiger partial charge in [0, 0.05) is 38.3 Å². The molecular weight excluding hydrogens is 244 g/mol. The third kappa shape index (κ3) is 5.89. The van der Waals surface area contributed by atoms with Crippen molar-refractivity contribution in [2.24, 2.45) is 11.7 Å². The number of nitrogens with two attached hydrogens (primary N) is 1. The highest BCUT2D eigenvalue weighted by Gasteiger charge is 2.30. The lowest BCUT2D eigenvalue weighted by atomic mass is 10.1. The minimum atomic E-state index is 0.0956. The van der Waals surface area contributed by atoms with Crippen LogP contribution in [0.15, 0.2) is 0 Å². The Kier molecular flexibility index (Phi) is 8.02. The van der Waals surface area contributed by atoms with E-state index in [4.69, 9.17) is 15.2 Å². The summed E-state index contributed by atoms with van der Waals surface area (Å²) in [5.41, 5.74) is 5.89. The van der Waals surface area contributed by atoms with Crippen LogP contribution in [0.25, 0.3) is 0 Å². The van der Waals surface area contributed by atoms with Crippen molar-refractivity contribution in [1.82, 2.24) is 4.90 Å². The van der Waals surface area contributed by atoms with Crippen LogP contribution in [0.4, 0.5) is 0 Å². The second-order valence-electron chi connectivity index (χ2n) is 4.99. The minimum Gasteiger partial charge on any atom is -0.380 e. The molecule has 1 aliphatic carbocycles. The van der Waals surface area contributed by atoms with Crippen LogP contribution in [0.1, 0.15) is 33.1 Å². The molecule has 0 aromatic rings. The van der Waals surface area contributed by atoms with E-state index in [1.807, 2.05) is 18.7 Å². The molecule has 2 N–H and O–H groups in total. The summed E-state index contributed by atoms with van der Waals surface area (Å²) in [4.78, 5) is 14.3. The van der Waals surface area contributed by atoms with Gasteiger partial charge in [0.25, 0.3) is 0 Å². The summed E-state index contributed by atoms with van der Waals surface area (Å²) in [7, 11) is 0. The second-order valence-corrected chi connectivity index (χ2v) is 4.99. The number of amides is 1. The molecule has 112 valence electrons. The molecule has 0 spiro atoms. The average Bonchev–Trinajstić information content (AvgIpc) is 2.83. The Hall–Kier alpha value is -0.650. The predicted molar refractivity (Wildman–Crippen MR) is 74.9 cm³/mol. The first kappa shape index (κ1) is 16.4. The molecule has 1 fully saturated rings. The number of hydrogen-bond acceptors (Lipinski definition) is 4. The van der Waals surface area contributed by atoms with Crippen LogP contribution >= 0.6 is 0 Å². The van der Waals surface area contributed by atoms with E-state index in [0.717, 1.165) is 19.3 Å². The Morgan fingerprint density at radius 2 is 1.74 bits per heavy atom. The van der Waals surface area contributed by atoms with Crippen LogP contribution in [0, 0.1) is 5.92 Å². The van der Waals surface area contributed by atoms with E-state index in [-0.39, 0.29) is 17.9 Å². The molecule has 0 aromatic heterocycles. The van der Waals surface area contributed by atoms with E-state index < -0.39 is 0 Å². The smallest absolute Gasteiger partial charge is 0.225 e. The monoisotopic (exact) mass is 272 g/mol. The van der Waals surface area contributed by atoms with Gasteiger partial charge in [0.15, 0.2) is 0 Å². The summed E-state index contributed by atoms with van der Waals surface area (Å²) < 4.78 is 10.7. The van der Waals surface area contributed by atoms with Crippen molar-refractivity contribution in [2.45, 2.75) is 39.2 Å². The average molecular weight is 272 g/mol. The summed E-state index contributed by atoms with van der Waals surface area (Å²) in [6, 6.07) is 0.189. The van der Waals surface area contributed by atoms with E-state index >= 15 is 0 Å². The molecule has 1 saturated carbocycles. The summed E-state index contributed by atoms with van der Waals surface area (Å²) in [5, 5.41) is 0. The van der Waals surface area contributed by atoms with Crippen molar-refractivity contribution in [2.75, 3.05) is 39.5 Å². The third-order valence-electron chi connectivity index (χ3n) is 3.55. The number of hydrogen-bond donors (Lipinski definition) is 1. The molecule has 0 bridgehead atoms. The van der Waals surface area contributed by atoms with Gasteiger partial charge in [0.1, 0.15) is 0 Å². The van der Waals surface area contributed by atoms with Gasteiger partial charge >= 0.3 is 0 Å². The van der Waals surface area contributed by atoms with Crippen molar-refractivity contribution in [1.29, 1.82) is 0 Å². The number of carbonyl (C=O) groups is 1. The molecule has 2 atom stereocenters. The zero-order valence-electron chi connectivity index (χ0n) is 12.3. The van der Waals surface area contributed by atoms with Crippen molar-refractivity contribution < 1.29 is 14.3 Å². The Labute approximate surface area is 116 Å². The highest BCUT2D eigenvalue weighted by Crippen LogP contribution is 2.25. The van der Waals surface area contributed by atoms with Crippen molar-refractivity contribution in [3.05, 3.63) is 0 Å². The molecule has 19 heavy (non-hydrogen) atoms. The molecule has 1 amide bonds. The maximum absolute atomic E-state index is 12.4. The van der Waals surface area contributed by atoms with Crippen molar-refractivity contribution >= 4 is 5.91 Å². The molecule has 5 nitrogen and oxygen atoms in total. The molecule has 5 heteroatoms. The van der Waals surface area contributed by atoms with E-state index in [2.05, 4.69) is 0 Å².